The van der Waals surface area contributed by atoms with Crippen molar-refractivity contribution in [2.45, 2.75) is 50.5 Å². The summed E-state index contributed by atoms with van der Waals surface area (Å²) in [5.41, 5.74) is -0.742. The van der Waals surface area contributed by atoms with Gasteiger partial charge in [0.15, 0.2) is 9.84 Å². The standard InChI is InChI=1S/C11H23Cl2NO6S/c1-11(2,14(12)13)3-4-21(19,20)7-8(16)5-9(17)10(18)6-15/h8-10,15-18H,3-7H2,1-2H3. The highest BCUT2D eigenvalue weighted by Gasteiger charge is 2.29. The summed E-state index contributed by atoms with van der Waals surface area (Å²) in [5.74, 6) is -0.783. The maximum absolute atomic E-state index is 11.9. The molecule has 128 valence electrons. The number of sulfone groups is 1. The van der Waals surface area contributed by atoms with E-state index in [9.17, 15) is 18.6 Å². The molecule has 21 heavy (non-hydrogen) atoms. The Bertz CT molecular complexity index is 404. The Hall–Kier alpha value is 0.330. The molecule has 0 heterocycles. The second-order valence-corrected chi connectivity index (χ2v) is 8.69. The maximum Gasteiger partial charge on any atom is 0.152 e. The van der Waals surface area contributed by atoms with E-state index in [2.05, 4.69) is 0 Å². The van der Waals surface area contributed by atoms with Crippen molar-refractivity contribution in [3.63, 3.8) is 0 Å². The second-order valence-electron chi connectivity index (χ2n) is 5.62. The SMILES string of the molecule is CC(C)(CCS(=O)(=O)CC(O)CC(O)C(O)CO)N(Cl)Cl. The van der Waals surface area contributed by atoms with Crippen molar-refractivity contribution in [1.29, 1.82) is 0 Å². The molecule has 0 aromatic carbocycles. The van der Waals surface area contributed by atoms with E-state index in [1.54, 1.807) is 13.8 Å². The lowest BCUT2D eigenvalue weighted by Gasteiger charge is -2.27. The average molecular weight is 368 g/mol. The Kier molecular flexibility index (Phi) is 8.97. The van der Waals surface area contributed by atoms with Crippen LogP contribution in [0.25, 0.3) is 0 Å². The summed E-state index contributed by atoms with van der Waals surface area (Å²) in [6.45, 7) is 2.66. The lowest BCUT2D eigenvalue weighted by Crippen LogP contribution is -2.37. The first-order chi connectivity index (χ1) is 9.41. The van der Waals surface area contributed by atoms with Crippen molar-refractivity contribution in [2.24, 2.45) is 0 Å². The molecule has 0 aromatic heterocycles. The third-order valence-electron chi connectivity index (χ3n) is 3.07. The highest BCUT2D eigenvalue weighted by Crippen LogP contribution is 2.24. The van der Waals surface area contributed by atoms with Crippen molar-refractivity contribution in [3.8, 4) is 0 Å². The monoisotopic (exact) mass is 367 g/mol. The Labute approximate surface area is 135 Å². The third kappa shape index (κ3) is 8.51. The first kappa shape index (κ1) is 21.3. The average Bonchev–Trinajstić information content (AvgIpc) is 2.34. The van der Waals surface area contributed by atoms with Crippen LogP contribution >= 0.6 is 23.6 Å². The van der Waals surface area contributed by atoms with Gasteiger partial charge in [-0.2, -0.15) is 0 Å². The van der Waals surface area contributed by atoms with E-state index >= 15 is 0 Å². The number of aliphatic hydroxyl groups excluding tert-OH is 4. The van der Waals surface area contributed by atoms with E-state index in [1.165, 1.54) is 0 Å². The molecule has 0 aliphatic carbocycles. The van der Waals surface area contributed by atoms with Gasteiger partial charge < -0.3 is 20.4 Å². The minimum atomic E-state index is -3.57. The van der Waals surface area contributed by atoms with Crippen LogP contribution in [0.3, 0.4) is 0 Å². The molecule has 0 radical (unpaired) electrons. The number of aliphatic hydroxyl groups is 4. The van der Waals surface area contributed by atoms with Crippen molar-refractivity contribution in [3.05, 3.63) is 0 Å². The topological polar surface area (TPSA) is 118 Å². The van der Waals surface area contributed by atoms with Crippen LogP contribution in [0.4, 0.5) is 0 Å². The third-order valence-corrected chi connectivity index (χ3v) is 5.71. The largest absolute Gasteiger partial charge is 0.394 e. The number of hydrogen-bond acceptors (Lipinski definition) is 7. The van der Waals surface area contributed by atoms with Crippen LogP contribution in [0.15, 0.2) is 0 Å². The second kappa shape index (κ2) is 8.83. The summed E-state index contributed by atoms with van der Waals surface area (Å²) in [6.07, 6.45) is -4.32. The Morgan fingerprint density at radius 3 is 2.10 bits per heavy atom. The summed E-state index contributed by atoms with van der Waals surface area (Å²) in [7, 11) is -3.57. The van der Waals surface area contributed by atoms with E-state index in [1.807, 2.05) is 0 Å². The van der Waals surface area contributed by atoms with Crippen LogP contribution in [-0.2, 0) is 9.84 Å². The molecule has 0 rings (SSSR count). The smallest absolute Gasteiger partial charge is 0.152 e. The number of nitrogens with zero attached hydrogens (tertiary/aromatic N) is 1. The van der Waals surface area contributed by atoms with Crippen molar-refractivity contribution in [1.82, 2.24) is 3.94 Å². The molecule has 10 heteroatoms. The van der Waals surface area contributed by atoms with E-state index in [-0.39, 0.29) is 18.6 Å². The highest BCUT2D eigenvalue weighted by atomic mass is 35.5. The van der Waals surface area contributed by atoms with Gasteiger partial charge in [0, 0.05) is 12.0 Å². The van der Waals surface area contributed by atoms with Gasteiger partial charge in [0.25, 0.3) is 0 Å². The molecule has 3 atom stereocenters. The lowest BCUT2D eigenvalue weighted by atomic mass is 10.0. The number of rotatable bonds is 10. The summed E-state index contributed by atoms with van der Waals surface area (Å²) in [5, 5.41) is 36.8. The van der Waals surface area contributed by atoms with Gasteiger partial charge in [-0.05, 0) is 43.8 Å². The van der Waals surface area contributed by atoms with Crippen LogP contribution in [-0.4, -0.2) is 74.7 Å². The van der Waals surface area contributed by atoms with Crippen molar-refractivity contribution >= 4 is 33.4 Å². The summed E-state index contributed by atoms with van der Waals surface area (Å²) < 4.78 is 24.6. The van der Waals surface area contributed by atoms with Gasteiger partial charge in [-0.15, -0.1) is 3.94 Å². The van der Waals surface area contributed by atoms with E-state index in [4.69, 9.17) is 33.8 Å². The summed E-state index contributed by atoms with van der Waals surface area (Å²) in [6, 6.07) is 0. The molecule has 0 fully saturated rings. The molecule has 0 spiro atoms. The zero-order valence-electron chi connectivity index (χ0n) is 12.0. The van der Waals surface area contributed by atoms with E-state index < -0.39 is 46.0 Å². The number of hydrogen-bond donors (Lipinski definition) is 4. The minimum absolute atomic E-state index is 0.164. The van der Waals surface area contributed by atoms with Gasteiger partial charge in [0.1, 0.15) is 6.10 Å². The Morgan fingerprint density at radius 2 is 1.67 bits per heavy atom. The molecule has 0 amide bonds. The zero-order chi connectivity index (χ0) is 16.8. The van der Waals surface area contributed by atoms with Gasteiger partial charge in [0.2, 0.25) is 0 Å². The van der Waals surface area contributed by atoms with Crippen molar-refractivity contribution < 1.29 is 28.8 Å². The van der Waals surface area contributed by atoms with Gasteiger partial charge in [-0.25, -0.2) is 8.42 Å². The molecule has 4 N–H and O–H groups in total. The molecule has 0 bridgehead atoms. The quantitative estimate of drug-likeness (QED) is 0.389. The normalized spacial score (nSPS) is 17.8. The van der Waals surface area contributed by atoms with Crippen LogP contribution in [0.2, 0.25) is 0 Å². The first-order valence-corrected chi connectivity index (χ1v) is 8.88. The van der Waals surface area contributed by atoms with Crippen LogP contribution in [0, 0.1) is 0 Å². The van der Waals surface area contributed by atoms with Crippen molar-refractivity contribution in [2.75, 3.05) is 18.1 Å². The predicted octanol–water partition coefficient (Wildman–Crippen LogP) is -0.355. The summed E-state index contributed by atoms with van der Waals surface area (Å²) >= 11 is 11.2. The molecule has 3 unspecified atom stereocenters. The van der Waals surface area contributed by atoms with Gasteiger partial charge in [0.05, 0.1) is 30.3 Å². The lowest BCUT2D eigenvalue weighted by molar-refractivity contribution is -0.0334. The molecular weight excluding hydrogens is 345 g/mol. The molecule has 0 aliphatic heterocycles. The molecule has 0 aromatic rings. The van der Waals surface area contributed by atoms with Gasteiger partial charge in [-0.3, -0.25) is 0 Å². The van der Waals surface area contributed by atoms with E-state index in [0.717, 1.165) is 3.94 Å². The highest BCUT2D eigenvalue weighted by molar-refractivity contribution is 7.91. The first-order valence-electron chi connectivity index (χ1n) is 6.38. The summed E-state index contributed by atoms with van der Waals surface area (Å²) in [4.78, 5) is 0. The van der Waals surface area contributed by atoms with Crippen LogP contribution in [0.1, 0.15) is 26.7 Å². The fourth-order valence-electron chi connectivity index (χ4n) is 1.49. The van der Waals surface area contributed by atoms with Gasteiger partial charge in [-0.1, -0.05) is 0 Å². The minimum Gasteiger partial charge on any atom is -0.394 e. The zero-order valence-corrected chi connectivity index (χ0v) is 14.3. The molecule has 0 saturated heterocycles. The van der Waals surface area contributed by atoms with E-state index in [0.29, 0.717) is 0 Å². The molecule has 7 nitrogen and oxygen atoms in total. The van der Waals surface area contributed by atoms with Crippen LogP contribution < -0.4 is 0 Å². The maximum atomic E-state index is 11.9. The predicted molar refractivity (Wildman–Crippen MR) is 80.6 cm³/mol. The van der Waals surface area contributed by atoms with Crippen LogP contribution in [0.5, 0.6) is 0 Å². The fourth-order valence-corrected chi connectivity index (χ4v) is 3.36. The fraction of sp³-hybridized carbons (Fsp3) is 1.00. The van der Waals surface area contributed by atoms with Gasteiger partial charge >= 0.3 is 0 Å². The molecule has 0 aliphatic rings. The Morgan fingerprint density at radius 1 is 1.14 bits per heavy atom. The number of halogens is 2. The molecular formula is C11H23Cl2NO6S. The molecule has 0 saturated carbocycles. The Balaban J connectivity index is 4.41.